The SMILES string of the molecule is O=C(C1CC1)N1CCC(Nc2cc(-c3ccccc3)cc3ccncc23)CC1. The van der Waals surface area contributed by atoms with Gasteiger partial charge in [0.2, 0.25) is 5.91 Å². The number of piperidine rings is 1. The van der Waals surface area contributed by atoms with Gasteiger partial charge in [0, 0.05) is 48.5 Å². The molecule has 142 valence electrons. The quantitative estimate of drug-likeness (QED) is 0.722. The zero-order valence-electron chi connectivity index (χ0n) is 16.0. The minimum atomic E-state index is 0.321. The molecule has 1 N–H and O–H groups in total. The van der Waals surface area contributed by atoms with Crippen molar-refractivity contribution < 1.29 is 4.79 Å². The predicted molar refractivity (Wildman–Crippen MR) is 113 cm³/mol. The largest absolute Gasteiger partial charge is 0.382 e. The first-order valence-corrected chi connectivity index (χ1v) is 10.3. The van der Waals surface area contributed by atoms with Gasteiger partial charge in [0.05, 0.1) is 0 Å². The summed E-state index contributed by atoms with van der Waals surface area (Å²) in [5.41, 5.74) is 3.56. The van der Waals surface area contributed by atoms with Crippen molar-refractivity contribution in [2.45, 2.75) is 31.7 Å². The lowest BCUT2D eigenvalue weighted by Crippen LogP contribution is -2.43. The third-order valence-electron chi connectivity index (χ3n) is 5.96. The zero-order valence-corrected chi connectivity index (χ0v) is 16.0. The second-order valence-corrected chi connectivity index (χ2v) is 8.00. The molecule has 0 spiro atoms. The number of nitrogens with zero attached hydrogens (tertiary/aromatic N) is 2. The van der Waals surface area contributed by atoms with Crippen LogP contribution in [-0.4, -0.2) is 34.9 Å². The summed E-state index contributed by atoms with van der Waals surface area (Å²) in [5.74, 6) is 0.696. The van der Waals surface area contributed by atoms with E-state index >= 15 is 0 Å². The monoisotopic (exact) mass is 371 g/mol. The molecular weight excluding hydrogens is 346 g/mol. The van der Waals surface area contributed by atoms with Gasteiger partial charge in [0.1, 0.15) is 0 Å². The maximum atomic E-state index is 12.3. The number of benzene rings is 2. The van der Waals surface area contributed by atoms with Crippen molar-refractivity contribution in [3.8, 4) is 11.1 Å². The van der Waals surface area contributed by atoms with E-state index in [-0.39, 0.29) is 0 Å². The van der Waals surface area contributed by atoms with Crippen LogP contribution in [0.3, 0.4) is 0 Å². The Labute approximate surface area is 165 Å². The summed E-state index contributed by atoms with van der Waals surface area (Å²) in [4.78, 5) is 18.7. The van der Waals surface area contributed by atoms with Gasteiger partial charge in [-0.2, -0.15) is 0 Å². The van der Waals surface area contributed by atoms with Gasteiger partial charge in [0.15, 0.2) is 0 Å². The highest BCUT2D eigenvalue weighted by atomic mass is 16.2. The fourth-order valence-electron chi connectivity index (χ4n) is 4.17. The normalized spacial score (nSPS) is 17.6. The van der Waals surface area contributed by atoms with E-state index in [1.807, 2.05) is 18.5 Å². The fourth-order valence-corrected chi connectivity index (χ4v) is 4.17. The summed E-state index contributed by atoms with van der Waals surface area (Å²) in [6.45, 7) is 1.73. The average Bonchev–Trinajstić information content (AvgIpc) is 3.60. The number of carbonyl (C=O) groups excluding carboxylic acids is 1. The first-order valence-electron chi connectivity index (χ1n) is 10.3. The molecule has 1 aromatic heterocycles. The number of rotatable bonds is 4. The van der Waals surface area contributed by atoms with E-state index in [1.54, 1.807) is 0 Å². The number of nitrogens with one attached hydrogen (secondary N) is 1. The Balaban J connectivity index is 1.38. The molecule has 2 aliphatic rings. The second-order valence-electron chi connectivity index (χ2n) is 8.00. The van der Waals surface area contributed by atoms with Crippen molar-refractivity contribution in [3.63, 3.8) is 0 Å². The van der Waals surface area contributed by atoms with E-state index in [0.29, 0.717) is 17.9 Å². The molecule has 1 saturated heterocycles. The predicted octanol–water partition coefficient (Wildman–Crippen LogP) is 4.71. The molecule has 1 saturated carbocycles. The lowest BCUT2D eigenvalue weighted by atomic mass is 9.99. The van der Waals surface area contributed by atoms with Crippen LogP contribution in [0, 0.1) is 5.92 Å². The van der Waals surface area contributed by atoms with Gasteiger partial charge in [-0.25, -0.2) is 0 Å². The van der Waals surface area contributed by atoms with Crippen molar-refractivity contribution in [2.24, 2.45) is 5.92 Å². The molecule has 1 aliphatic heterocycles. The highest BCUT2D eigenvalue weighted by Crippen LogP contribution is 2.34. The summed E-state index contributed by atoms with van der Waals surface area (Å²) < 4.78 is 0. The smallest absolute Gasteiger partial charge is 0.225 e. The van der Waals surface area contributed by atoms with Gasteiger partial charge >= 0.3 is 0 Å². The van der Waals surface area contributed by atoms with Crippen molar-refractivity contribution in [2.75, 3.05) is 18.4 Å². The fraction of sp³-hybridized carbons (Fsp3) is 0.333. The first-order chi connectivity index (χ1) is 13.8. The number of amides is 1. The van der Waals surface area contributed by atoms with Crippen molar-refractivity contribution in [1.29, 1.82) is 0 Å². The third kappa shape index (κ3) is 3.47. The molecule has 2 aromatic carbocycles. The van der Waals surface area contributed by atoms with Gasteiger partial charge in [-0.1, -0.05) is 30.3 Å². The van der Waals surface area contributed by atoms with E-state index < -0.39 is 0 Å². The number of fused-ring (bicyclic) bond motifs is 1. The summed E-state index contributed by atoms with van der Waals surface area (Å²) >= 11 is 0. The lowest BCUT2D eigenvalue weighted by molar-refractivity contribution is -0.133. The Morgan fingerprint density at radius 2 is 1.75 bits per heavy atom. The van der Waals surface area contributed by atoms with Crippen molar-refractivity contribution in [3.05, 3.63) is 60.9 Å². The highest BCUT2D eigenvalue weighted by Gasteiger charge is 2.34. The van der Waals surface area contributed by atoms with Crippen molar-refractivity contribution in [1.82, 2.24) is 9.88 Å². The summed E-state index contributed by atoms with van der Waals surface area (Å²) in [6, 6.07) is 17.4. The standard InChI is InChI=1S/C24H25N3O/c28-24(18-6-7-18)27-12-9-21(10-13-27)26-23-15-20(17-4-2-1-3-5-17)14-19-8-11-25-16-22(19)23/h1-5,8,11,14-16,18,21,26H,6-7,9-10,12-13H2. The molecule has 0 unspecified atom stereocenters. The molecule has 5 rings (SSSR count). The lowest BCUT2D eigenvalue weighted by Gasteiger charge is -2.33. The van der Waals surface area contributed by atoms with Crippen LogP contribution in [0.25, 0.3) is 21.9 Å². The molecule has 1 aliphatic carbocycles. The molecule has 4 nitrogen and oxygen atoms in total. The third-order valence-corrected chi connectivity index (χ3v) is 5.96. The summed E-state index contributed by atoms with van der Waals surface area (Å²) in [6.07, 6.45) is 7.96. The van der Waals surface area contributed by atoms with Crippen LogP contribution in [0.1, 0.15) is 25.7 Å². The Hall–Kier alpha value is -2.88. The van der Waals surface area contributed by atoms with E-state index in [4.69, 9.17) is 0 Å². The van der Waals surface area contributed by atoms with E-state index in [2.05, 4.69) is 57.7 Å². The molecular formula is C24H25N3O. The maximum Gasteiger partial charge on any atom is 0.225 e. The van der Waals surface area contributed by atoms with Crippen LogP contribution in [0.15, 0.2) is 60.9 Å². The molecule has 3 aromatic rings. The molecule has 1 amide bonds. The van der Waals surface area contributed by atoms with Crippen LogP contribution >= 0.6 is 0 Å². The van der Waals surface area contributed by atoms with Gasteiger partial charge in [-0.3, -0.25) is 9.78 Å². The number of anilines is 1. The molecule has 0 radical (unpaired) electrons. The number of aromatic nitrogens is 1. The second kappa shape index (κ2) is 7.27. The van der Waals surface area contributed by atoms with Crippen LogP contribution < -0.4 is 5.32 Å². The molecule has 2 heterocycles. The molecule has 28 heavy (non-hydrogen) atoms. The van der Waals surface area contributed by atoms with Crippen LogP contribution in [0.5, 0.6) is 0 Å². The number of carbonyl (C=O) groups is 1. The maximum absolute atomic E-state index is 12.3. The van der Waals surface area contributed by atoms with Gasteiger partial charge in [-0.15, -0.1) is 0 Å². The Morgan fingerprint density at radius 3 is 2.50 bits per heavy atom. The number of pyridine rings is 1. The van der Waals surface area contributed by atoms with E-state index in [1.165, 1.54) is 16.5 Å². The number of hydrogen-bond donors (Lipinski definition) is 1. The van der Waals surface area contributed by atoms with Gasteiger partial charge in [0.25, 0.3) is 0 Å². The average molecular weight is 371 g/mol. The van der Waals surface area contributed by atoms with Gasteiger partial charge < -0.3 is 10.2 Å². The van der Waals surface area contributed by atoms with Crippen LogP contribution in [0.4, 0.5) is 5.69 Å². The topological polar surface area (TPSA) is 45.2 Å². The summed E-state index contributed by atoms with van der Waals surface area (Å²) in [5, 5.41) is 6.11. The number of hydrogen-bond acceptors (Lipinski definition) is 3. The Kier molecular flexibility index (Phi) is 4.47. The van der Waals surface area contributed by atoms with E-state index in [9.17, 15) is 4.79 Å². The Morgan fingerprint density at radius 1 is 0.964 bits per heavy atom. The zero-order chi connectivity index (χ0) is 18.9. The minimum Gasteiger partial charge on any atom is -0.382 e. The first kappa shape index (κ1) is 17.2. The number of likely N-dealkylation sites (tertiary alicyclic amines) is 1. The Bertz CT molecular complexity index is 989. The molecule has 2 fully saturated rings. The minimum absolute atomic E-state index is 0.321. The molecule has 0 bridgehead atoms. The molecule has 4 heteroatoms. The van der Waals surface area contributed by atoms with Crippen molar-refractivity contribution >= 4 is 22.4 Å². The summed E-state index contributed by atoms with van der Waals surface area (Å²) in [7, 11) is 0. The molecule has 0 atom stereocenters. The highest BCUT2D eigenvalue weighted by molar-refractivity contribution is 5.97. The van der Waals surface area contributed by atoms with Crippen LogP contribution in [0.2, 0.25) is 0 Å². The van der Waals surface area contributed by atoms with Gasteiger partial charge in [-0.05, 0) is 60.4 Å². The van der Waals surface area contributed by atoms with Crippen LogP contribution in [-0.2, 0) is 4.79 Å². The van der Waals surface area contributed by atoms with E-state index in [0.717, 1.165) is 49.8 Å².